The van der Waals surface area contributed by atoms with E-state index in [-0.39, 0.29) is 5.91 Å². The third-order valence-electron chi connectivity index (χ3n) is 3.68. The van der Waals surface area contributed by atoms with E-state index in [1.807, 2.05) is 48.5 Å². The molecule has 24 heavy (non-hydrogen) atoms. The molecule has 0 radical (unpaired) electrons. The van der Waals surface area contributed by atoms with Gasteiger partial charge >= 0.3 is 0 Å². The lowest BCUT2D eigenvalue weighted by Crippen LogP contribution is -2.33. The number of nitrogens with one attached hydrogen (secondary N) is 2. The first-order chi connectivity index (χ1) is 11.6. The van der Waals surface area contributed by atoms with Crippen molar-refractivity contribution in [3.05, 3.63) is 59.1 Å². The molecule has 1 atom stereocenters. The average molecular weight is 347 g/mol. The van der Waals surface area contributed by atoms with Crippen LogP contribution in [-0.4, -0.2) is 18.5 Å². The van der Waals surface area contributed by atoms with Crippen molar-refractivity contribution in [2.75, 3.05) is 11.9 Å². The minimum Gasteiger partial charge on any atom is -0.489 e. The van der Waals surface area contributed by atoms with E-state index >= 15 is 0 Å². The summed E-state index contributed by atoms with van der Waals surface area (Å²) < 4.78 is 5.72. The first-order valence-electron chi connectivity index (χ1n) is 8.07. The smallest absolute Gasteiger partial charge is 0.238 e. The Labute approximate surface area is 148 Å². The minimum atomic E-state index is -0.0508. The van der Waals surface area contributed by atoms with Crippen LogP contribution >= 0.6 is 11.6 Å². The Morgan fingerprint density at radius 2 is 1.79 bits per heavy atom. The van der Waals surface area contributed by atoms with Crippen molar-refractivity contribution < 1.29 is 9.53 Å². The maximum Gasteiger partial charge on any atom is 0.238 e. The van der Waals surface area contributed by atoms with Crippen LogP contribution in [0.1, 0.15) is 25.8 Å². The van der Waals surface area contributed by atoms with Crippen LogP contribution in [0.4, 0.5) is 5.69 Å². The number of amides is 1. The van der Waals surface area contributed by atoms with Crippen LogP contribution in [0.2, 0.25) is 5.02 Å². The fraction of sp³-hybridized carbons (Fsp3) is 0.316. The van der Waals surface area contributed by atoms with Crippen LogP contribution in [-0.2, 0) is 11.4 Å². The molecule has 0 aliphatic heterocycles. The summed E-state index contributed by atoms with van der Waals surface area (Å²) in [6.07, 6.45) is 0.993. The molecule has 1 unspecified atom stereocenters. The number of hydrogen-bond donors (Lipinski definition) is 2. The second-order valence-electron chi connectivity index (χ2n) is 5.68. The summed E-state index contributed by atoms with van der Waals surface area (Å²) >= 11 is 5.86. The standard InChI is InChI=1S/C19H23ClN2O2/c1-3-14(2)21-12-19(23)22-17-8-10-18(11-9-17)24-13-15-4-6-16(20)7-5-15/h4-11,14,21H,3,12-13H2,1-2H3,(H,22,23). The van der Waals surface area contributed by atoms with Crippen LogP contribution < -0.4 is 15.4 Å². The Hall–Kier alpha value is -2.04. The second kappa shape index (κ2) is 9.30. The van der Waals surface area contributed by atoms with Gasteiger partial charge in [0.1, 0.15) is 12.4 Å². The van der Waals surface area contributed by atoms with E-state index in [1.165, 1.54) is 0 Å². The Balaban J connectivity index is 1.79. The van der Waals surface area contributed by atoms with Crippen LogP contribution in [0.5, 0.6) is 5.75 Å². The van der Waals surface area contributed by atoms with Crippen molar-refractivity contribution in [2.24, 2.45) is 0 Å². The SMILES string of the molecule is CCC(C)NCC(=O)Nc1ccc(OCc2ccc(Cl)cc2)cc1. The molecule has 0 fully saturated rings. The van der Waals surface area contributed by atoms with Crippen LogP contribution in [0.15, 0.2) is 48.5 Å². The summed E-state index contributed by atoms with van der Waals surface area (Å²) in [4.78, 5) is 11.8. The molecule has 0 aliphatic carbocycles. The quantitative estimate of drug-likeness (QED) is 0.751. The maximum atomic E-state index is 11.8. The number of halogens is 1. The molecule has 0 heterocycles. The third-order valence-corrected chi connectivity index (χ3v) is 3.93. The van der Waals surface area contributed by atoms with Crippen molar-refractivity contribution in [1.29, 1.82) is 0 Å². The van der Waals surface area contributed by atoms with Gasteiger partial charge in [0.25, 0.3) is 0 Å². The fourth-order valence-electron chi connectivity index (χ4n) is 2.00. The van der Waals surface area contributed by atoms with Gasteiger partial charge in [-0.3, -0.25) is 4.79 Å². The highest BCUT2D eigenvalue weighted by molar-refractivity contribution is 6.30. The van der Waals surface area contributed by atoms with Gasteiger partial charge in [0.05, 0.1) is 6.54 Å². The number of ether oxygens (including phenoxy) is 1. The summed E-state index contributed by atoms with van der Waals surface area (Å²) in [6, 6.07) is 15.2. The Morgan fingerprint density at radius 3 is 2.42 bits per heavy atom. The number of carbonyl (C=O) groups excluding carboxylic acids is 1. The molecule has 1 amide bonds. The Morgan fingerprint density at radius 1 is 1.12 bits per heavy atom. The molecule has 0 bridgehead atoms. The molecule has 0 aromatic heterocycles. The first kappa shape index (κ1) is 18.3. The van der Waals surface area contributed by atoms with Gasteiger partial charge in [0.15, 0.2) is 0 Å². The number of carbonyl (C=O) groups is 1. The van der Waals surface area contributed by atoms with Crippen molar-refractivity contribution in [2.45, 2.75) is 32.9 Å². The van der Waals surface area contributed by atoms with E-state index in [0.29, 0.717) is 24.2 Å². The maximum absolute atomic E-state index is 11.8. The minimum absolute atomic E-state index is 0.0508. The van der Waals surface area contributed by atoms with Gasteiger partial charge in [-0.15, -0.1) is 0 Å². The topological polar surface area (TPSA) is 50.4 Å². The van der Waals surface area contributed by atoms with Crippen molar-refractivity contribution in [3.8, 4) is 5.75 Å². The lowest BCUT2D eigenvalue weighted by Gasteiger charge is -2.12. The van der Waals surface area contributed by atoms with Gasteiger partial charge < -0.3 is 15.4 Å². The van der Waals surface area contributed by atoms with Gasteiger partial charge in [-0.1, -0.05) is 30.7 Å². The molecule has 4 nitrogen and oxygen atoms in total. The highest BCUT2D eigenvalue weighted by Gasteiger charge is 2.05. The zero-order chi connectivity index (χ0) is 17.4. The Kier molecular flexibility index (Phi) is 7.09. The predicted octanol–water partition coefficient (Wildman–Crippen LogP) is 4.25. The molecule has 2 rings (SSSR count). The van der Waals surface area contributed by atoms with E-state index in [0.717, 1.165) is 23.4 Å². The molecule has 2 aromatic rings. The van der Waals surface area contributed by atoms with Crippen LogP contribution in [0, 0.1) is 0 Å². The van der Waals surface area contributed by atoms with E-state index < -0.39 is 0 Å². The second-order valence-corrected chi connectivity index (χ2v) is 6.11. The van der Waals surface area contributed by atoms with Gasteiger partial charge in [-0.25, -0.2) is 0 Å². The summed E-state index contributed by atoms with van der Waals surface area (Å²) in [7, 11) is 0. The normalized spacial score (nSPS) is 11.8. The molecule has 5 heteroatoms. The number of hydrogen-bond acceptors (Lipinski definition) is 3. The molecule has 0 spiro atoms. The lowest BCUT2D eigenvalue weighted by atomic mass is 10.2. The fourth-order valence-corrected chi connectivity index (χ4v) is 2.12. The van der Waals surface area contributed by atoms with Gasteiger partial charge in [0, 0.05) is 16.8 Å². The highest BCUT2D eigenvalue weighted by atomic mass is 35.5. The molecular weight excluding hydrogens is 324 g/mol. The summed E-state index contributed by atoms with van der Waals surface area (Å²) in [6.45, 7) is 4.92. The van der Waals surface area contributed by atoms with E-state index in [4.69, 9.17) is 16.3 Å². The molecule has 0 aliphatic rings. The zero-order valence-electron chi connectivity index (χ0n) is 14.0. The van der Waals surface area contributed by atoms with Gasteiger partial charge in [-0.2, -0.15) is 0 Å². The number of rotatable bonds is 8. The van der Waals surface area contributed by atoms with E-state index in [1.54, 1.807) is 0 Å². The average Bonchev–Trinajstić information content (AvgIpc) is 2.60. The molecular formula is C19H23ClN2O2. The molecule has 0 saturated heterocycles. The van der Waals surface area contributed by atoms with E-state index in [2.05, 4.69) is 24.5 Å². The summed E-state index contributed by atoms with van der Waals surface area (Å²) in [5.74, 6) is 0.700. The first-order valence-corrected chi connectivity index (χ1v) is 8.45. The van der Waals surface area contributed by atoms with Crippen molar-refractivity contribution >= 4 is 23.2 Å². The predicted molar refractivity (Wildman–Crippen MR) is 98.6 cm³/mol. The number of anilines is 1. The van der Waals surface area contributed by atoms with Crippen LogP contribution in [0.25, 0.3) is 0 Å². The number of benzene rings is 2. The summed E-state index contributed by atoms with van der Waals surface area (Å²) in [5, 5.41) is 6.73. The third kappa shape index (κ3) is 6.22. The highest BCUT2D eigenvalue weighted by Crippen LogP contribution is 2.17. The monoisotopic (exact) mass is 346 g/mol. The molecule has 128 valence electrons. The van der Waals surface area contributed by atoms with Gasteiger partial charge in [-0.05, 0) is 55.3 Å². The molecule has 2 aromatic carbocycles. The van der Waals surface area contributed by atoms with Crippen LogP contribution in [0.3, 0.4) is 0 Å². The lowest BCUT2D eigenvalue weighted by molar-refractivity contribution is -0.115. The van der Waals surface area contributed by atoms with Gasteiger partial charge in [0.2, 0.25) is 5.91 Å². The van der Waals surface area contributed by atoms with E-state index in [9.17, 15) is 4.79 Å². The zero-order valence-corrected chi connectivity index (χ0v) is 14.8. The Bertz CT molecular complexity index is 641. The molecule has 0 saturated carbocycles. The van der Waals surface area contributed by atoms with Crippen molar-refractivity contribution in [1.82, 2.24) is 5.32 Å². The molecule has 2 N–H and O–H groups in total. The van der Waals surface area contributed by atoms with Crippen molar-refractivity contribution in [3.63, 3.8) is 0 Å². The largest absolute Gasteiger partial charge is 0.489 e. The summed E-state index contributed by atoms with van der Waals surface area (Å²) in [5.41, 5.74) is 1.80.